The quantitative estimate of drug-likeness (QED) is 0.374. The Hall–Kier alpha value is -2.97. The summed E-state index contributed by atoms with van der Waals surface area (Å²) in [6, 6.07) is 19.0. The van der Waals surface area contributed by atoms with E-state index in [0.717, 1.165) is 16.5 Å². The molecule has 2 heterocycles. The number of nitrogens with zero attached hydrogens (tertiary/aromatic N) is 2. The Morgan fingerprint density at radius 1 is 1.06 bits per heavy atom. The highest BCUT2D eigenvalue weighted by molar-refractivity contribution is 6.30. The summed E-state index contributed by atoms with van der Waals surface area (Å²) in [5.41, 5.74) is 1.86. The molecule has 5 rings (SSSR count). The van der Waals surface area contributed by atoms with Gasteiger partial charge in [0.1, 0.15) is 30.0 Å². The van der Waals surface area contributed by atoms with E-state index >= 15 is 0 Å². The number of hydrogen-bond donors (Lipinski definition) is 2. The molecule has 0 aliphatic carbocycles. The van der Waals surface area contributed by atoms with Gasteiger partial charge in [-0.05, 0) is 66.9 Å². The summed E-state index contributed by atoms with van der Waals surface area (Å²) >= 11 is 5.96. The monoisotopic (exact) mass is 496 g/mol. The Balaban J connectivity index is 1.12. The van der Waals surface area contributed by atoms with Crippen LogP contribution in [0.1, 0.15) is 18.4 Å². The van der Waals surface area contributed by atoms with Crippen molar-refractivity contribution < 1.29 is 23.9 Å². The Morgan fingerprint density at radius 3 is 2.49 bits per heavy atom. The largest absolute Gasteiger partial charge is 0.491 e. The van der Waals surface area contributed by atoms with Crippen LogP contribution in [0.3, 0.4) is 0 Å². The first-order valence-electron chi connectivity index (χ1n) is 11.6. The third-order valence-electron chi connectivity index (χ3n) is 6.54. The molecule has 182 valence electrons. The summed E-state index contributed by atoms with van der Waals surface area (Å²) in [4.78, 5) is 2.14. The second kappa shape index (κ2) is 9.95. The average molecular weight is 497 g/mol. The van der Waals surface area contributed by atoms with Gasteiger partial charge in [0.25, 0.3) is 0 Å². The van der Waals surface area contributed by atoms with Crippen molar-refractivity contribution in [2.45, 2.75) is 24.5 Å². The zero-order chi connectivity index (χ0) is 24.4. The number of aliphatic hydroxyl groups is 2. The molecule has 1 aliphatic heterocycles. The first-order valence-corrected chi connectivity index (χ1v) is 11.9. The predicted octanol–water partition coefficient (Wildman–Crippen LogP) is 5.01. The molecule has 0 amide bonds. The van der Waals surface area contributed by atoms with Crippen molar-refractivity contribution in [3.05, 3.63) is 83.1 Å². The van der Waals surface area contributed by atoms with Crippen LogP contribution in [-0.4, -0.2) is 52.6 Å². The molecule has 4 aromatic rings. The van der Waals surface area contributed by atoms with Gasteiger partial charge in [-0.15, -0.1) is 0 Å². The maximum atomic E-state index is 13.4. The number of fused-ring (bicyclic) bond motifs is 1. The van der Waals surface area contributed by atoms with Gasteiger partial charge in [0.15, 0.2) is 5.58 Å². The number of rotatable bonds is 7. The van der Waals surface area contributed by atoms with Crippen molar-refractivity contribution in [2.75, 3.05) is 26.2 Å². The Morgan fingerprint density at radius 2 is 1.77 bits per heavy atom. The lowest BCUT2D eigenvalue weighted by atomic mass is 9.84. The Bertz CT molecular complexity index is 1290. The molecule has 1 aliphatic rings. The number of benzene rings is 3. The van der Waals surface area contributed by atoms with E-state index in [0.29, 0.717) is 54.5 Å². The van der Waals surface area contributed by atoms with Gasteiger partial charge in [-0.25, -0.2) is 4.39 Å². The van der Waals surface area contributed by atoms with Gasteiger partial charge in [-0.2, -0.15) is 0 Å². The number of halogens is 2. The van der Waals surface area contributed by atoms with Crippen molar-refractivity contribution in [1.82, 2.24) is 10.1 Å². The SMILES string of the molecule is O[C@H](COc1ccc(-c2noc3cc(F)ccc23)cc1)CN1CCC(O)(c2ccc(Cl)cc2)CC1. The molecule has 0 radical (unpaired) electrons. The Labute approximate surface area is 207 Å². The van der Waals surface area contributed by atoms with E-state index in [2.05, 4.69) is 10.1 Å². The van der Waals surface area contributed by atoms with Gasteiger partial charge >= 0.3 is 0 Å². The summed E-state index contributed by atoms with van der Waals surface area (Å²) < 4.78 is 24.4. The fourth-order valence-corrected chi connectivity index (χ4v) is 4.65. The van der Waals surface area contributed by atoms with Crippen molar-refractivity contribution in [1.29, 1.82) is 0 Å². The molecule has 0 bridgehead atoms. The third-order valence-corrected chi connectivity index (χ3v) is 6.79. The molecular weight excluding hydrogens is 471 g/mol. The van der Waals surface area contributed by atoms with Crippen molar-refractivity contribution in [3.8, 4) is 17.0 Å². The van der Waals surface area contributed by atoms with Gasteiger partial charge in [0, 0.05) is 41.7 Å². The molecule has 1 saturated heterocycles. The van der Waals surface area contributed by atoms with Crippen molar-refractivity contribution in [3.63, 3.8) is 0 Å². The van der Waals surface area contributed by atoms with E-state index in [1.54, 1.807) is 30.3 Å². The fraction of sp³-hybridized carbons (Fsp3) is 0.296. The van der Waals surface area contributed by atoms with Crippen molar-refractivity contribution in [2.24, 2.45) is 0 Å². The molecule has 1 atom stereocenters. The van der Waals surface area contributed by atoms with E-state index in [4.69, 9.17) is 20.9 Å². The molecule has 1 fully saturated rings. The molecule has 1 aromatic heterocycles. The number of ether oxygens (including phenoxy) is 1. The second-order valence-electron chi connectivity index (χ2n) is 9.00. The predicted molar refractivity (Wildman–Crippen MR) is 132 cm³/mol. The topological polar surface area (TPSA) is 79.0 Å². The molecule has 3 aromatic carbocycles. The van der Waals surface area contributed by atoms with Crippen LogP contribution in [0.25, 0.3) is 22.2 Å². The first kappa shape index (κ1) is 23.8. The minimum Gasteiger partial charge on any atom is -0.491 e. The van der Waals surface area contributed by atoms with E-state index < -0.39 is 11.7 Å². The van der Waals surface area contributed by atoms with Crippen LogP contribution in [0.4, 0.5) is 4.39 Å². The molecule has 2 N–H and O–H groups in total. The highest BCUT2D eigenvalue weighted by Crippen LogP contribution is 2.33. The Kier molecular flexibility index (Phi) is 6.75. The smallest absolute Gasteiger partial charge is 0.170 e. The summed E-state index contributed by atoms with van der Waals surface area (Å²) in [7, 11) is 0. The van der Waals surface area contributed by atoms with Crippen LogP contribution in [-0.2, 0) is 5.60 Å². The van der Waals surface area contributed by atoms with Crippen LogP contribution in [0.5, 0.6) is 5.75 Å². The van der Waals surface area contributed by atoms with Gasteiger partial charge in [-0.1, -0.05) is 28.9 Å². The molecule has 6 nitrogen and oxygen atoms in total. The molecule has 35 heavy (non-hydrogen) atoms. The van der Waals surface area contributed by atoms with Gasteiger partial charge in [0.05, 0.1) is 5.60 Å². The van der Waals surface area contributed by atoms with Crippen LogP contribution < -0.4 is 4.74 Å². The van der Waals surface area contributed by atoms with Crippen LogP contribution >= 0.6 is 11.6 Å². The molecule has 8 heteroatoms. The summed E-state index contributed by atoms with van der Waals surface area (Å²) in [5.74, 6) is 0.256. The van der Waals surface area contributed by atoms with E-state index in [1.807, 2.05) is 24.3 Å². The number of aromatic nitrogens is 1. The normalized spacial score (nSPS) is 16.9. The van der Waals surface area contributed by atoms with Gasteiger partial charge in [0.2, 0.25) is 0 Å². The van der Waals surface area contributed by atoms with Crippen molar-refractivity contribution >= 4 is 22.6 Å². The van der Waals surface area contributed by atoms with Gasteiger partial charge < -0.3 is 24.4 Å². The number of aliphatic hydroxyl groups excluding tert-OH is 1. The first-order chi connectivity index (χ1) is 16.9. The lowest BCUT2D eigenvalue weighted by Gasteiger charge is -2.39. The second-order valence-corrected chi connectivity index (χ2v) is 9.44. The zero-order valence-electron chi connectivity index (χ0n) is 19.0. The lowest BCUT2D eigenvalue weighted by molar-refractivity contribution is -0.0372. The lowest BCUT2D eigenvalue weighted by Crippen LogP contribution is -2.46. The minimum absolute atomic E-state index is 0.156. The zero-order valence-corrected chi connectivity index (χ0v) is 19.8. The molecule has 0 saturated carbocycles. The highest BCUT2D eigenvalue weighted by Gasteiger charge is 2.34. The number of hydrogen-bond acceptors (Lipinski definition) is 6. The number of likely N-dealkylation sites (tertiary alicyclic amines) is 1. The summed E-state index contributed by atoms with van der Waals surface area (Å²) in [5, 5.41) is 26.9. The third kappa shape index (κ3) is 5.33. The maximum absolute atomic E-state index is 13.4. The summed E-state index contributed by atoms with van der Waals surface area (Å²) in [6.45, 7) is 1.99. The fourth-order valence-electron chi connectivity index (χ4n) is 4.53. The average Bonchev–Trinajstić information content (AvgIpc) is 3.28. The number of piperidine rings is 1. The maximum Gasteiger partial charge on any atom is 0.170 e. The van der Waals surface area contributed by atoms with Gasteiger partial charge in [-0.3, -0.25) is 0 Å². The van der Waals surface area contributed by atoms with Crippen LogP contribution in [0, 0.1) is 5.82 Å². The summed E-state index contributed by atoms with van der Waals surface area (Å²) in [6.07, 6.45) is 0.519. The van der Waals surface area contributed by atoms with E-state index in [9.17, 15) is 14.6 Å². The standard InChI is InChI=1S/C27H26ClFN2O4/c28-20-5-3-19(4-6-20)27(33)11-13-31(14-12-27)16-22(32)17-34-23-8-1-18(2-9-23)26-24-10-7-21(29)15-25(24)35-30-26/h1-10,15,22,32-33H,11-14,16-17H2/t22-/m0/s1. The highest BCUT2D eigenvalue weighted by atomic mass is 35.5. The minimum atomic E-state index is -0.867. The van der Waals surface area contributed by atoms with Crippen LogP contribution in [0.15, 0.2) is 71.3 Å². The van der Waals surface area contributed by atoms with Crippen LogP contribution in [0.2, 0.25) is 5.02 Å². The van der Waals surface area contributed by atoms with E-state index in [-0.39, 0.29) is 12.4 Å². The molecule has 0 spiro atoms. The molecular formula is C27H26ClFN2O4. The molecule has 0 unspecified atom stereocenters. The number of β-amino-alcohol motifs (C(OH)–C–C–N with tert-alkyl or cyclic N) is 1. The van der Waals surface area contributed by atoms with E-state index in [1.165, 1.54) is 12.1 Å².